The lowest BCUT2D eigenvalue weighted by Crippen LogP contribution is -2.39. The number of allylic oxidation sites excluding steroid dienone is 1. The fourth-order valence-electron chi connectivity index (χ4n) is 4.29. The summed E-state index contributed by atoms with van der Waals surface area (Å²) < 4.78 is 11.0. The third kappa shape index (κ3) is 4.61. The second kappa shape index (κ2) is 9.92. The number of carbonyl (C=O) groups excluding carboxylic acids is 2. The van der Waals surface area contributed by atoms with Crippen LogP contribution in [0.25, 0.3) is 0 Å². The largest absolute Gasteiger partial charge is 0.463 e. The first-order valence-electron chi connectivity index (χ1n) is 11.0. The van der Waals surface area contributed by atoms with E-state index in [0.29, 0.717) is 17.8 Å². The van der Waals surface area contributed by atoms with E-state index in [-0.39, 0.29) is 31.0 Å². The van der Waals surface area contributed by atoms with Gasteiger partial charge in [0, 0.05) is 18.8 Å². The summed E-state index contributed by atoms with van der Waals surface area (Å²) in [5, 5.41) is 5.72. The molecule has 170 valence electrons. The number of carbonyl (C=O) groups is 2. The summed E-state index contributed by atoms with van der Waals surface area (Å²) in [6.07, 6.45) is 2.31. The number of esters is 1. The molecule has 0 bridgehead atoms. The van der Waals surface area contributed by atoms with Crippen molar-refractivity contribution >= 4 is 28.8 Å². The standard InChI is InChI=1S/C24H29N3O4S/c1-4-30-23(29)21-16(3)26-24-27(22(21)19-10-6-5-8-15(19)2)17(14-32-24)12-20(28)25-13-18-9-7-11-31-18/h5-6,8,10,14,18,22H,4,7,9,11-13H2,1-3H3,(H,25,28)/t18-,22-/m0/s1. The molecule has 3 aliphatic rings. The highest BCUT2D eigenvalue weighted by atomic mass is 32.2. The van der Waals surface area contributed by atoms with Crippen LogP contribution >= 0.6 is 11.8 Å². The summed E-state index contributed by atoms with van der Waals surface area (Å²) in [5.74, 6) is -0.443. The zero-order valence-corrected chi connectivity index (χ0v) is 19.5. The molecule has 1 aromatic rings. The number of thioether (sulfide) groups is 1. The minimum Gasteiger partial charge on any atom is -0.463 e. The Morgan fingerprint density at radius 3 is 2.84 bits per heavy atom. The number of fused-ring (bicyclic) bond motifs is 1. The molecule has 2 atom stereocenters. The molecular weight excluding hydrogens is 426 g/mol. The van der Waals surface area contributed by atoms with Gasteiger partial charge in [0.1, 0.15) is 0 Å². The van der Waals surface area contributed by atoms with Crippen molar-refractivity contribution in [3.05, 3.63) is 57.8 Å². The van der Waals surface area contributed by atoms with E-state index in [0.717, 1.165) is 41.4 Å². The lowest BCUT2D eigenvalue weighted by molar-refractivity contribution is -0.139. The molecule has 3 aliphatic heterocycles. The molecule has 1 fully saturated rings. The molecule has 1 N–H and O–H groups in total. The smallest absolute Gasteiger partial charge is 0.338 e. The number of hydrogen-bond acceptors (Lipinski definition) is 7. The van der Waals surface area contributed by atoms with Crippen molar-refractivity contribution in [2.45, 2.75) is 52.2 Å². The van der Waals surface area contributed by atoms with Crippen LogP contribution in [0.5, 0.6) is 0 Å². The molecule has 0 aliphatic carbocycles. The third-order valence-corrected chi connectivity index (χ3v) is 6.76. The number of aryl methyl sites for hydroxylation is 1. The number of hydrogen-bond donors (Lipinski definition) is 1. The number of benzene rings is 1. The first-order chi connectivity index (χ1) is 15.5. The van der Waals surface area contributed by atoms with Crippen LogP contribution in [0.15, 0.2) is 51.6 Å². The van der Waals surface area contributed by atoms with Gasteiger partial charge in [0.2, 0.25) is 5.91 Å². The average molecular weight is 456 g/mol. The SMILES string of the molecule is CCOC(=O)C1=C(C)N=C2SC=C(CC(=O)NC[C@@H]3CCCO3)N2[C@H]1c1ccccc1C. The van der Waals surface area contributed by atoms with Gasteiger partial charge in [-0.1, -0.05) is 36.0 Å². The minimum atomic E-state index is -0.394. The van der Waals surface area contributed by atoms with Crippen LogP contribution < -0.4 is 5.32 Å². The summed E-state index contributed by atoms with van der Waals surface area (Å²) in [5.41, 5.74) is 4.04. The van der Waals surface area contributed by atoms with E-state index < -0.39 is 6.04 Å². The fraction of sp³-hybridized carbons (Fsp3) is 0.458. The number of nitrogens with zero attached hydrogens (tertiary/aromatic N) is 2. The molecular formula is C24H29N3O4S. The van der Waals surface area contributed by atoms with Gasteiger partial charge >= 0.3 is 5.97 Å². The van der Waals surface area contributed by atoms with Crippen LogP contribution in [0.1, 0.15) is 50.3 Å². The summed E-state index contributed by atoms with van der Waals surface area (Å²) in [6.45, 7) is 7.23. The van der Waals surface area contributed by atoms with Crippen molar-refractivity contribution in [3.63, 3.8) is 0 Å². The van der Waals surface area contributed by atoms with E-state index in [1.54, 1.807) is 6.92 Å². The van der Waals surface area contributed by atoms with Crippen molar-refractivity contribution in [3.8, 4) is 0 Å². The Kier molecular flexibility index (Phi) is 7.01. The third-order valence-electron chi connectivity index (χ3n) is 5.87. The molecule has 0 radical (unpaired) electrons. The first kappa shape index (κ1) is 22.6. The quantitative estimate of drug-likeness (QED) is 0.630. The van der Waals surface area contributed by atoms with E-state index in [1.165, 1.54) is 11.8 Å². The van der Waals surface area contributed by atoms with Crippen LogP contribution in [0, 0.1) is 6.92 Å². The van der Waals surface area contributed by atoms with E-state index in [9.17, 15) is 9.59 Å². The van der Waals surface area contributed by atoms with Crippen LogP contribution in [0.4, 0.5) is 0 Å². The van der Waals surface area contributed by atoms with Crippen molar-refractivity contribution in [1.82, 2.24) is 10.2 Å². The van der Waals surface area contributed by atoms with Crippen LogP contribution in [0.2, 0.25) is 0 Å². The number of amides is 1. The molecule has 1 amide bonds. The lowest BCUT2D eigenvalue weighted by atomic mass is 9.91. The van der Waals surface area contributed by atoms with Crippen LogP contribution in [-0.4, -0.2) is 47.8 Å². The molecule has 0 aromatic heterocycles. The molecule has 0 unspecified atom stereocenters. The summed E-state index contributed by atoms with van der Waals surface area (Å²) in [7, 11) is 0. The normalized spacial score (nSPS) is 22.4. The van der Waals surface area contributed by atoms with E-state index in [4.69, 9.17) is 9.47 Å². The van der Waals surface area contributed by atoms with Gasteiger partial charge in [-0.3, -0.25) is 4.79 Å². The average Bonchev–Trinajstić information content (AvgIpc) is 3.42. The van der Waals surface area contributed by atoms with Gasteiger partial charge in [0.25, 0.3) is 0 Å². The van der Waals surface area contributed by atoms with E-state index in [1.807, 2.05) is 48.4 Å². The van der Waals surface area contributed by atoms with Crippen molar-refractivity contribution in [2.75, 3.05) is 19.8 Å². The molecule has 7 nitrogen and oxygen atoms in total. The van der Waals surface area contributed by atoms with Crippen LogP contribution in [0.3, 0.4) is 0 Å². The summed E-state index contributed by atoms with van der Waals surface area (Å²) in [4.78, 5) is 32.4. The predicted octanol–water partition coefficient (Wildman–Crippen LogP) is 3.82. The fourth-order valence-corrected chi connectivity index (χ4v) is 5.25. The Morgan fingerprint density at radius 1 is 1.31 bits per heavy atom. The Labute approximate surface area is 192 Å². The van der Waals surface area contributed by atoms with Gasteiger partial charge in [-0.05, 0) is 50.1 Å². The maximum atomic E-state index is 13.0. The number of ether oxygens (including phenoxy) is 2. The molecule has 32 heavy (non-hydrogen) atoms. The summed E-state index contributed by atoms with van der Waals surface area (Å²) >= 11 is 1.48. The lowest BCUT2D eigenvalue weighted by Gasteiger charge is -2.37. The highest BCUT2D eigenvalue weighted by Crippen LogP contribution is 2.45. The molecule has 3 heterocycles. The second-order valence-electron chi connectivity index (χ2n) is 8.09. The van der Waals surface area contributed by atoms with Gasteiger partial charge in [0.15, 0.2) is 5.17 Å². The number of nitrogens with one attached hydrogen (secondary N) is 1. The molecule has 1 saturated heterocycles. The highest BCUT2D eigenvalue weighted by molar-refractivity contribution is 8.16. The summed E-state index contributed by atoms with van der Waals surface area (Å²) in [6, 6.07) is 7.60. The minimum absolute atomic E-state index is 0.0684. The Bertz CT molecular complexity index is 995. The first-order valence-corrected chi connectivity index (χ1v) is 11.9. The van der Waals surface area contributed by atoms with Gasteiger partial charge in [0.05, 0.1) is 36.4 Å². The molecule has 4 rings (SSSR count). The second-order valence-corrected chi connectivity index (χ2v) is 8.92. The molecule has 0 spiro atoms. The van der Waals surface area contributed by atoms with Gasteiger partial charge in [-0.2, -0.15) is 0 Å². The van der Waals surface area contributed by atoms with Crippen molar-refractivity contribution in [2.24, 2.45) is 4.99 Å². The predicted molar refractivity (Wildman–Crippen MR) is 125 cm³/mol. The molecule has 0 saturated carbocycles. The Balaban J connectivity index is 1.61. The zero-order valence-electron chi connectivity index (χ0n) is 18.7. The maximum absolute atomic E-state index is 13.0. The van der Waals surface area contributed by atoms with Crippen LogP contribution in [-0.2, 0) is 19.1 Å². The number of aliphatic imine (C=N–C) groups is 1. The topological polar surface area (TPSA) is 80.2 Å². The zero-order chi connectivity index (χ0) is 22.7. The number of rotatable bonds is 7. The number of amidine groups is 1. The Hall–Kier alpha value is -2.58. The highest BCUT2D eigenvalue weighted by Gasteiger charge is 2.41. The van der Waals surface area contributed by atoms with Gasteiger partial charge in [-0.15, -0.1) is 0 Å². The van der Waals surface area contributed by atoms with Gasteiger partial charge < -0.3 is 19.7 Å². The van der Waals surface area contributed by atoms with Crippen molar-refractivity contribution < 1.29 is 19.1 Å². The van der Waals surface area contributed by atoms with Crippen molar-refractivity contribution in [1.29, 1.82) is 0 Å². The van der Waals surface area contributed by atoms with Gasteiger partial charge in [-0.25, -0.2) is 9.79 Å². The molecule has 1 aromatic carbocycles. The van der Waals surface area contributed by atoms with E-state index >= 15 is 0 Å². The maximum Gasteiger partial charge on any atom is 0.338 e. The monoisotopic (exact) mass is 455 g/mol. The van der Waals surface area contributed by atoms with E-state index in [2.05, 4.69) is 10.3 Å². The molecule has 8 heteroatoms. The Morgan fingerprint density at radius 2 is 2.12 bits per heavy atom.